The molecule has 0 saturated heterocycles. The number of aromatic nitrogens is 1. The highest BCUT2D eigenvalue weighted by Crippen LogP contribution is 2.37. The van der Waals surface area contributed by atoms with Crippen LogP contribution in [0.4, 0.5) is 0 Å². The molecule has 0 fully saturated rings. The Balaban J connectivity index is 1.57. The molecule has 0 saturated carbocycles. The van der Waals surface area contributed by atoms with Gasteiger partial charge in [-0.25, -0.2) is 0 Å². The topological polar surface area (TPSA) is 61.5 Å². The number of carbonyl (C=O) groups excluding carboxylic acids is 1. The first-order valence-electron chi connectivity index (χ1n) is 10.5. The summed E-state index contributed by atoms with van der Waals surface area (Å²) in [6, 6.07) is 17.7. The number of thioether (sulfide) groups is 1. The van der Waals surface area contributed by atoms with E-state index in [1.807, 2.05) is 80.8 Å². The highest BCUT2D eigenvalue weighted by Gasteiger charge is 2.36. The van der Waals surface area contributed by atoms with Crippen molar-refractivity contribution in [1.29, 1.82) is 5.41 Å². The van der Waals surface area contributed by atoms with Crippen molar-refractivity contribution >= 4 is 52.0 Å². The molecule has 0 atom stereocenters. The quantitative estimate of drug-likeness (QED) is 0.451. The number of halogens is 1. The van der Waals surface area contributed by atoms with Crippen LogP contribution in [-0.4, -0.2) is 26.4 Å². The van der Waals surface area contributed by atoms with Crippen LogP contribution in [-0.2, 0) is 4.79 Å². The number of benzene rings is 2. The van der Waals surface area contributed by atoms with Crippen LogP contribution in [0, 0.1) is 26.2 Å². The van der Waals surface area contributed by atoms with Gasteiger partial charge >= 0.3 is 0 Å². The van der Waals surface area contributed by atoms with E-state index in [4.69, 9.17) is 17.0 Å². The van der Waals surface area contributed by atoms with Crippen molar-refractivity contribution in [2.75, 3.05) is 0 Å². The first-order chi connectivity index (χ1) is 15.9. The maximum absolute atomic E-state index is 12.9. The number of amidine groups is 2. The van der Waals surface area contributed by atoms with Gasteiger partial charge in [-0.1, -0.05) is 59.8 Å². The van der Waals surface area contributed by atoms with Crippen molar-refractivity contribution in [3.63, 3.8) is 0 Å². The lowest BCUT2D eigenvalue weighted by Crippen LogP contribution is -2.38. The van der Waals surface area contributed by atoms with Gasteiger partial charge in [0.15, 0.2) is 5.17 Å². The summed E-state index contributed by atoms with van der Waals surface area (Å²) in [4.78, 5) is 18.9. The second kappa shape index (κ2) is 8.21. The van der Waals surface area contributed by atoms with Gasteiger partial charge in [0.05, 0.1) is 11.3 Å². The zero-order valence-electron chi connectivity index (χ0n) is 18.4. The number of fused-ring (bicyclic) bond motifs is 1. The molecule has 0 aliphatic carbocycles. The molecule has 1 N–H and O–H groups in total. The predicted molar refractivity (Wildman–Crippen MR) is 137 cm³/mol. The lowest BCUT2D eigenvalue weighted by atomic mass is 10.1. The fourth-order valence-corrected chi connectivity index (χ4v) is 5.27. The summed E-state index contributed by atoms with van der Waals surface area (Å²) in [7, 11) is 0. The number of hydrogen-bond donors (Lipinski definition) is 1. The van der Waals surface area contributed by atoms with Gasteiger partial charge in [0.2, 0.25) is 0 Å². The lowest BCUT2D eigenvalue weighted by molar-refractivity contribution is -0.114. The molecule has 5 rings (SSSR count). The first-order valence-corrected chi connectivity index (χ1v) is 11.7. The molecule has 1 aromatic heterocycles. The standard InChI is InChI=1S/C26H21ClN4OS/c1-15-12-19(17(3)30(15)22-11-7-10-21(27)16(22)2)13-20-24(28)31-23(18-8-5-4-6-9-18)14-33-26(31)29-25(20)32/h4-14,28H,1-3H3. The molecule has 0 bridgehead atoms. The number of hydrogen-bond acceptors (Lipinski definition) is 3. The highest BCUT2D eigenvalue weighted by atomic mass is 35.5. The van der Waals surface area contributed by atoms with Crippen molar-refractivity contribution < 1.29 is 4.79 Å². The Morgan fingerprint density at radius 1 is 1.06 bits per heavy atom. The summed E-state index contributed by atoms with van der Waals surface area (Å²) >= 11 is 7.72. The molecule has 1 amide bonds. The Hall–Kier alpha value is -3.35. The van der Waals surface area contributed by atoms with E-state index in [1.54, 1.807) is 11.0 Å². The molecule has 3 aromatic rings. The number of aliphatic imine (C=N–C) groups is 1. The minimum Gasteiger partial charge on any atom is -0.318 e. The average molecular weight is 473 g/mol. The van der Waals surface area contributed by atoms with Crippen LogP contribution in [0.1, 0.15) is 28.1 Å². The lowest BCUT2D eigenvalue weighted by Gasteiger charge is -2.26. The van der Waals surface area contributed by atoms with Crippen LogP contribution in [0.5, 0.6) is 0 Å². The number of amides is 1. The third-order valence-electron chi connectivity index (χ3n) is 5.93. The van der Waals surface area contributed by atoms with Crippen LogP contribution >= 0.6 is 23.4 Å². The van der Waals surface area contributed by atoms with E-state index in [-0.39, 0.29) is 11.4 Å². The van der Waals surface area contributed by atoms with Crippen LogP contribution in [0.15, 0.2) is 70.6 Å². The Morgan fingerprint density at radius 2 is 1.82 bits per heavy atom. The zero-order valence-corrected chi connectivity index (χ0v) is 20.0. The molecule has 33 heavy (non-hydrogen) atoms. The van der Waals surface area contributed by atoms with Crippen molar-refractivity contribution in [1.82, 2.24) is 9.47 Å². The van der Waals surface area contributed by atoms with Gasteiger partial charge in [-0.3, -0.25) is 15.1 Å². The maximum atomic E-state index is 12.9. The van der Waals surface area contributed by atoms with E-state index >= 15 is 0 Å². The number of rotatable bonds is 3. The third kappa shape index (κ3) is 3.56. The molecular formula is C26H21ClN4OS. The first kappa shape index (κ1) is 21.5. The van der Waals surface area contributed by atoms with Crippen molar-refractivity contribution in [3.8, 4) is 5.69 Å². The third-order valence-corrected chi connectivity index (χ3v) is 7.17. The smallest absolute Gasteiger partial charge is 0.283 e. The van der Waals surface area contributed by atoms with E-state index in [2.05, 4.69) is 9.56 Å². The Morgan fingerprint density at radius 3 is 2.58 bits per heavy atom. The minimum atomic E-state index is -0.398. The Bertz CT molecular complexity index is 1420. The van der Waals surface area contributed by atoms with Crippen molar-refractivity contribution in [3.05, 3.63) is 98.7 Å². The van der Waals surface area contributed by atoms with Crippen LogP contribution < -0.4 is 0 Å². The number of carbonyl (C=O) groups is 1. The van der Waals surface area contributed by atoms with E-state index in [9.17, 15) is 4.79 Å². The molecule has 0 spiro atoms. The van der Waals surface area contributed by atoms with Gasteiger partial charge in [-0.2, -0.15) is 4.99 Å². The van der Waals surface area contributed by atoms with E-state index in [0.29, 0.717) is 10.2 Å². The minimum absolute atomic E-state index is 0.133. The molecule has 0 unspecified atom stereocenters. The molecule has 2 aliphatic rings. The molecular weight excluding hydrogens is 452 g/mol. The van der Waals surface area contributed by atoms with Crippen molar-refractivity contribution in [2.24, 2.45) is 4.99 Å². The summed E-state index contributed by atoms with van der Waals surface area (Å²) in [5.41, 5.74) is 6.94. The largest absolute Gasteiger partial charge is 0.318 e. The van der Waals surface area contributed by atoms with E-state index in [1.165, 1.54) is 11.8 Å². The fraction of sp³-hybridized carbons (Fsp3) is 0.115. The molecule has 2 aliphatic heterocycles. The number of nitrogens with one attached hydrogen (secondary N) is 1. The second-order valence-corrected chi connectivity index (χ2v) is 9.22. The normalized spacial score (nSPS) is 16.8. The fourth-order valence-electron chi connectivity index (χ4n) is 4.21. The summed E-state index contributed by atoms with van der Waals surface area (Å²) < 4.78 is 2.13. The second-order valence-electron chi connectivity index (χ2n) is 7.97. The van der Waals surface area contributed by atoms with Gasteiger partial charge in [-0.05, 0) is 61.7 Å². The van der Waals surface area contributed by atoms with Crippen LogP contribution in [0.3, 0.4) is 0 Å². The monoisotopic (exact) mass is 472 g/mol. The van der Waals surface area contributed by atoms with E-state index < -0.39 is 5.91 Å². The summed E-state index contributed by atoms with van der Waals surface area (Å²) in [6.07, 6.45) is 1.77. The SMILES string of the molecule is Cc1c(Cl)cccc1-n1c(C)cc(C=C2C(=N)N3C(c4ccccc4)=CSC3=NC2=O)c1C. The number of aryl methyl sites for hydroxylation is 1. The Kier molecular flexibility index (Phi) is 5.35. The summed E-state index contributed by atoms with van der Waals surface area (Å²) in [6.45, 7) is 6.02. The van der Waals surface area contributed by atoms with Gasteiger partial charge in [0.1, 0.15) is 5.84 Å². The maximum Gasteiger partial charge on any atom is 0.283 e. The molecule has 5 nitrogen and oxygen atoms in total. The van der Waals surface area contributed by atoms with Gasteiger partial charge in [0, 0.05) is 27.5 Å². The van der Waals surface area contributed by atoms with Gasteiger partial charge < -0.3 is 4.57 Å². The van der Waals surface area contributed by atoms with Gasteiger partial charge in [0.25, 0.3) is 5.91 Å². The molecule has 164 valence electrons. The summed E-state index contributed by atoms with van der Waals surface area (Å²) in [5.74, 6) is -0.265. The average Bonchev–Trinajstić information content (AvgIpc) is 3.34. The van der Waals surface area contributed by atoms with Crippen molar-refractivity contribution in [2.45, 2.75) is 20.8 Å². The van der Waals surface area contributed by atoms with Crippen LogP contribution in [0.2, 0.25) is 5.02 Å². The molecule has 0 radical (unpaired) electrons. The zero-order chi connectivity index (χ0) is 23.3. The van der Waals surface area contributed by atoms with Crippen LogP contribution in [0.25, 0.3) is 17.5 Å². The van der Waals surface area contributed by atoms with E-state index in [0.717, 1.165) is 39.5 Å². The van der Waals surface area contributed by atoms with Gasteiger partial charge in [-0.15, -0.1) is 0 Å². The highest BCUT2D eigenvalue weighted by molar-refractivity contribution is 8.17. The predicted octanol–water partition coefficient (Wildman–Crippen LogP) is 6.36. The Labute approximate surface area is 201 Å². The number of nitrogens with zero attached hydrogens (tertiary/aromatic N) is 3. The molecule has 2 aromatic carbocycles. The summed E-state index contributed by atoms with van der Waals surface area (Å²) in [5, 5.41) is 12.0. The molecule has 3 heterocycles. The molecule has 7 heteroatoms.